The van der Waals surface area contributed by atoms with Gasteiger partial charge in [0.15, 0.2) is 0 Å². The summed E-state index contributed by atoms with van der Waals surface area (Å²) in [5.41, 5.74) is 1.34. The molecule has 1 aliphatic rings. The number of carbonyl (C=O) groups excluding carboxylic acids is 1. The number of nitrogens with zero attached hydrogens (tertiary/aromatic N) is 1. The maximum Gasteiger partial charge on any atom is 0.251 e. The minimum Gasteiger partial charge on any atom is -0.349 e. The third kappa shape index (κ3) is 3.00. The quantitative estimate of drug-likeness (QED) is 0.946. The number of pyridine rings is 1. The summed E-state index contributed by atoms with van der Waals surface area (Å²) < 4.78 is 1.43. The summed E-state index contributed by atoms with van der Waals surface area (Å²) in [5, 5.41) is 3.66. The highest BCUT2D eigenvalue weighted by atomic mass is 35.5. The highest BCUT2D eigenvalue weighted by Gasteiger charge is 2.39. The normalized spacial score (nSPS) is 20.1. The Labute approximate surface area is 127 Å². The Hall–Kier alpha value is -2.07. The van der Waals surface area contributed by atoms with Crippen molar-refractivity contribution in [1.29, 1.82) is 0 Å². The van der Waals surface area contributed by atoms with Gasteiger partial charge in [0.25, 0.3) is 11.5 Å². The molecule has 2 atom stereocenters. The van der Waals surface area contributed by atoms with Crippen molar-refractivity contribution in [1.82, 2.24) is 9.88 Å². The van der Waals surface area contributed by atoms with Crippen LogP contribution in [0.25, 0.3) is 0 Å². The standard InChI is InChI=1S/C16H15ClN2O2/c1-19-6-5-11(8-15(19)20)16(21)18-14-9-13(14)10-3-2-4-12(17)7-10/h2-8,13-14H,9H2,1H3,(H,18,21). The highest BCUT2D eigenvalue weighted by molar-refractivity contribution is 6.30. The number of aryl methyl sites for hydroxylation is 1. The second-order valence-corrected chi connectivity index (χ2v) is 5.78. The molecule has 1 fully saturated rings. The lowest BCUT2D eigenvalue weighted by Crippen LogP contribution is -2.28. The van der Waals surface area contributed by atoms with E-state index in [1.807, 2.05) is 24.3 Å². The first kappa shape index (κ1) is 13.9. The minimum atomic E-state index is -0.206. The smallest absolute Gasteiger partial charge is 0.251 e. The first-order valence-electron chi connectivity index (χ1n) is 6.77. The van der Waals surface area contributed by atoms with Crippen molar-refractivity contribution in [3.63, 3.8) is 0 Å². The van der Waals surface area contributed by atoms with Gasteiger partial charge in [-0.05, 0) is 30.2 Å². The first-order chi connectivity index (χ1) is 10.0. The molecule has 2 unspecified atom stereocenters. The summed E-state index contributed by atoms with van der Waals surface area (Å²) >= 11 is 5.97. The van der Waals surface area contributed by atoms with Gasteiger partial charge in [-0.2, -0.15) is 0 Å². The van der Waals surface area contributed by atoms with Crippen molar-refractivity contribution >= 4 is 17.5 Å². The zero-order valence-electron chi connectivity index (χ0n) is 11.5. The zero-order chi connectivity index (χ0) is 15.0. The molecule has 1 N–H and O–H groups in total. The van der Waals surface area contributed by atoms with E-state index in [0.29, 0.717) is 16.5 Å². The summed E-state index contributed by atoms with van der Waals surface area (Å²) in [7, 11) is 1.65. The van der Waals surface area contributed by atoms with Gasteiger partial charge in [0.05, 0.1) is 0 Å². The van der Waals surface area contributed by atoms with Gasteiger partial charge in [0, 0.05) is 41.9 Å². The molecule has 0 bridgehead atoms. The molecule has 0 radical (unpaired) electrons. The van der Waals surface area contributed by atoms with Gasteiger partial charge >= 0.3 is 0 Å². The number of rotatable bonds is 3. The highest BCUT2D eigenvalue weighted by Crippen LogP contribution is 2.41. The molecule has 1 heterocycles. The van der Waals surface area contributed by atoms with Crippen LogP contribution in [0.5, 0.6) is 0 Å². The first-order valence-corrected chi connectivity index (χ1v) is 7.15. The lowest BCUT2D eigenvalue weighted by molar-refractivity contribution is 0.0950. The van der Waals surface area contributed by atoms with Crippen LogP contribution in [0.2, 0.25) is 5.02 Å². The number of halogens is 1. The van der Waals surface area contributed by atoms with Crippen molar-refractivity contribution in [2.45, 2.75) is 18.4 Å². The van der Waals surface area contributed by atoms with Crippen LogP contribution < -0.4 is 10.9 Å². The third-order valence-corrected chi connectivity index (χ3v) is 3.99. The molecule has 1 amide bonds. The van der Waals surface area contributed by atoms with Crippen molar-refractivity contribution < 1.29 is 4.79 Å². The molecular formula is C16H15ClN2O2. The van der Waals surface area contributed by atoms with Gasteiger partial charge < -0.3 is 9.88 Å². The van der Waals surface area contributed by atoms with Crippen molar-refractivity contribution in [3.05, 3.63) is 69.1 Å². The summed E-state index contributed by atoms with van der Waals surface area (Å²) in [5.74, 6) is 0.0985. The number of amides is 1. The van der Waals surface area contributed by atoms with E-state index in [4.69, 9.17) is 11.6 Å². The fourth-order valence-electron chi connectivity index (χ4n) is 2.40. The molecule has 1 aromatic carbocycles. The Morgan fingerprint density at radius 1 is 1.33 bits per heavy atom. The SMILES string of the molecule is Cn1ccc(C(=O)NC2CC2c2cccc(Cl)c2)cc1=O. The van der Waals surface area contributed by atoms with E-state index in [-0.39, 0.29) is 17.5 Å². The summed E-state index contributed by atoms with van der Waals surface area (Å²) in [6.07, 6.45) is 2.50. The molecule has 5 heteroatoms. The number of benzene rings is 1. The molecule has 3 rings (SSSR count). The van der Waals surface area contributed by atoms with Gasteiger partial charge in [-0.15, -0.1) is 0 Å². The fourth-order valence-corrected chi connectivity index (χ4v) is 2.60. The molecule has 21 heavy (non-hydrogen) atoms. The molecule has 0 saturated heterocycles. The van der Waals surface area contributed by atoms with E-state index in [9.17, 15) is 9.59 Å². The van der Waals surface area contributed by atoms with Crippen LogP contribution in [0, 0.1) is 0 Å². The van der Waals surface area contributed by atoms with Crippen LogP contribution >= 0.6 is 11.6 Å². The molecule has 1 aliphatic carbocycles. The predicted octanol–water partition coefficient (Wildman–Crippen LogP) is 2.32. The maximum absolute atomic E-state index is 12.1. The molecule has 1 aromatic heterocycles. The van der Waals surface area contributed by atoms with Crippen LogP contribution in [0.1, 0.15) is 28.3 Å². The average molecular weight is 303 g/mol. The number of hydrogen-bond donors (Lipinski definition) is 1. The molecule has 2 aromatic rings. The predicted molar refractivity (Wildman–Crippen MR) is 81.7 cm³/mol. The van der Waals surface area contributed by atoms with E-state index in [2.05, 4.69) is 5.32 Å². The topological polar surface area (TPSA) is 51.1 Å². The van der Waals surface area contributed by atoms with E-state index in [1.54, 1.807) is 19.3 Å². The van der Waals surface area contributed by atoms with E-state index in [1.165, 1.54) is 10.6 Å². The van der Waals surface area contributed by atoms with E-state index in [0.717, 1.165) is 12.0 Å². The van der Waals surface area contributed by atoms with Gasteiger partial charge in [0.2, 0.25) is 0 Å². The second kappa shape index (κ2) is 5.37. The van der Waals surface area contributed by atoms with Crippen molar-refractivity contribution in [2.24, 2.45) is 7.05 Å². The van der Waals surface area contributed by atoms with Crippen molar-refractivity contribution in [3.8, 4) is 0 Å². The zero-order valence-corrected chi connectivity index (χ0v) is 12.3. The summed E-state index contributed by atoms with van der Waals surface area (Å²) in [6, 6.07) is 10.8. The Morgan fingerprint density at radius 3 is 2.86 bits per heavy atom. The molecule has 108 valence electrons. The lowest BCUT2D eigenvalue weighted by Gasteiger charge is -2.06. The average Bonchev–Trinajstić information content (AvgIpc) is 3.21. The molecule has 0 spiro atoms. The molecule has 0 aliphatic heterocycles. The van der Waals surface area contributed by atoms with Crippen LogP contribution in [0.3, 0.4) is 0 Å². The van der Waals surface area contributed by atoms with Gasteiger partial charge in [0.1, 0.15) is 0 Å². The second-order valence-electron chi connectivity index (χ2n) is 5.34. The van der Waals surface area contributed by atoms with Crippen LogP contribution in [0.15, 0.2) is 47.4 Å². The number of aromatic nitrogens is 1. The Kier molecular flexibility index (Phi) is 3.55. The van der Waals surface area contributed by atoms with E-state index >= 15 is 0 Å². The van der Waals surface area contributed by atoms with E-state index < -0.39 is 0 Å². The molecular weight excluding hydrogens is 288 g/mol. The van der Waals surface area contributed by atoms with Gasteiger partial charge in [-0.1, -0.05) is 23.7 Å². The third-order valence-electron chi connectivity index (χ3n) is 3.75. The lowest BCUT2D eigenvalue weighted by atomic mass is 10.1. The van der Waals surface area contributed by atoms with Crippen LogP contribution in [-0.4, -0.2) is 16.5 Å². The number of carbonyl (C=O) groups is 1. The Morgan fingerprint density at radius 2 is 2.14 bits per heavy atom. The minimum absolute atomic E-state index is 0.111. The largest absolute Gasteiger partial charge is 0.349 e. The number of hydrogen-bond acceptors (Lipinski definition) is 2. The Bertz CT molecular complexity index is 754. The van der Waals surface area contributed by atoms with Crippen LogP contribution in [0.4, 0.5) is 0 Å². The Balaban J connectivity index is 1.67. The monoisotopic (exact) mass is 302 g/mol. The summed E-state index contributed by atoms with van der Waals surface area (Å²) in [6.45, 7) is 0. The maximum atomic E-state index is 12.1. The number of nitrogens with one attached hydrogen (secondary N) is 1. The van der Waals surface area contributed by atoms with Gasteiger partial charge in [-0.3, -0.25) is 9.59 Å². The summed E-state index contributed by atoms with van der Waals surface area (Å²) in [4.78, 5) is 23.7. The van der Waals surface area contributed by atoms with Crippen molar-refractivity contribution in [2.75, 3.05) is 0 Å². The van der Waals surface area contributed by atoms with Gasteiger partial charge in [-0.25, -0.2) is 0 Å². The van der Waals surface area contributed by atoms with Crippen LogP contribution in [-0.2, 0) is 7.05 Å². The molecule has 4 nitrogen and oxygen atoms in total. The fraction of sp³-hybridized carbons (Fsp3) is 0.250. The molecule has 1 saturated carbocycles.